The molecule has 3 rings (SSSR count). The van der Waals surface area contributed by atoms with Crippen molar-refractivity contribution in [1.29, 1.82) is 0 Å². The summed E-state index contributed by atoms with van der Waals surface area (Å²) in [4.78, 5) is 44.0. The number of carbonyl (C=O) groups is 1. The number of nitrogens with one attached hydrogen (secondary N) is 2. The molecule has 1 aliphatic heterocycles. The predicted molar refractivity (Wildman–Crippen MR) is 101 cm³/mol. The summed E-state index contributed by atoms with van der Waals surface area (Å²) in [5.74, 6) is 0.350. The van der Waals surface area contributed by atoms with Crippen LogP contribution < -0.4 is 21.3 Å². The van der Waals surface area contributed by atoms with Crippen molar-refractivity contribution in [1.82, 2.24) is 25.1 Å². The van der Waals surface area contributed by atoms with Gasteiger partial charge in [0.1, 0.15) is 11.5 Å². The van der Waals surface area contributed by atoms with Crippen molar-refractivity contribution >= 4 is 11.7 Å². The minimum Gasteiger partial charge on any atom is -0.350 e. The molecule has 0 bridgehead atoms. The summed E-state index contributed by atoms with van der Waals surface area (Å²) in [5.41, 5.74) is -0.404. The number of amides is 1. The van der Waals surface area contributed by atoms with Crippen molar-refractivity contribution in [3.05, 3.63) is 50.9 Å². The van der Waals surface area contributed by atoms with Crippen LogP contribution in [0.15, 0.2) is 34.1 Å². The summed E-state index contributed by atoms with van der Waals surface area (Å²) in [6.45, 7) is 5.06. The SMILES string of the molecule is CC(C)n1nc(N2CCCCC2CNC(=O)c2cc(=O)[nH]cn2)ccc1=O. The molecular weight excluding hydrogens is 348 g/mol. The maximum absolute atomic E-state index is 12.3. The molecule has 1 unspecified atom stereocenters. The Morgan fingerprint density at radius 2 is 2.15 bits per heavy atom. The van der Waals surface area contributed by atoms with Gasteiger partial charge in [-0.25, -0.2) is 9.67 Å². The second-order valence-corrected chi connectivity index (χ2v) is 6.92. The van der Waals surface area contributed by atoms with Crippen molar-refractivity contribution in [2.45, 2.75) is 45.2 Å². The molecule has 0 aliphatic carbocycles. The fourth-order valence-corrected chi connectivity index (χ4v) is 3.25. The fourth-order valence-electron chi connectivity index (χ4n) is 3.25. The molecule has 2 aromatic heterocycles. The third-order valence-electron chi connectivity index (χ3n) is 4.63. The molecule has 1 aliphatic rings. The number of aromatic amines is 1. The van der Waals surface area contributed by atoms with Gasteiger partial charge in [0.05, 0.1) is 12.4 Å². The van der Waals surface area contributed by atoms with E-state index in [0.29, 0.717) is 6.54 Å². The van der Waals surface area contributed by atoms with Crippen LogP contribution in [0.3, 0.4) is 0 Å². The summed E-state index contributed by atoms with van der Waals surface area (Å²) >= 11 is 0. The molecule has 0 saturated carbocycles. The van der Waals surface area contributed by atoms with Crippen molar-refractivity contribution < 1.29 is 4.79 Å². The van der Waals surface area contributed by atoms with Gasteiger partial charge in [-0.05, 0) is 39.2 Å². The highest BCUT2D eigenvalue weighted by Crippen LogP contribution is 2.22. The maximum atomic E-state index is 12.3. The predicted octanol–water partition coefficient (Wildman–Crippen LogP) is 0.696. The molecule has 1 amide bonds. The Kier molecular flexibility index (Phi) is 5.68. The highest BCUT2D eigenvalue weighted by atomic mass is 16.2. The number of hydrogen-bond donors (Lipinski definition) is 2. The van der Waals surface area contributed by atoms with E-state index in [2.05, 4.69) is 25.3 Å². The second kappa shape index (κ2) is 8.15. The molecule has 27 heavy (non-hydrogen) atoms. The van der Waals surface area contributed by atoms with Crippen molar-refractivity contribution in [2.75, 3.05) is 18.0 Å². The first kappa shape index (κ1) is 18.8. The quantitative estimate of drug-likeness (QED) is 0.799. The first-order valence-corrected chi connectivity index (χ1v) is 9.15. The largest absolute Gasteiger partial charge is 0.350 e. The van der Waals surface area contributed by atoms with E-state index >= 15 is 0 Å². The average Bonchev–Trinajstić information content (AvgIpc) is 2.66. The van der Waals surface area contributed by atoms with Crippen LogP contribution in [0.4, 0.5) is 5.82 Å². The normalized spacial score (nSPS) is 17.1. The minimum atomic E-state index is -0.383. The zero-order valence-electron chi connectivity index (χ0n) is 15.5. The molecular formula is C18H24N6O3. The van der Waals surface area contributed by atoms with Crippen LogP contribution in [0.2, 0.25) is 0 Å². The summed E-state index contributed by atoms with van der Waals surface area (Å²) < 4.78 is 1.47. The van der Waals surface area contributed by atoms with Gasteiger partial charge in [0, 0.05) is 31.3 Å². The summed E-state index contributed by atoms with van der Waals surface area (Å²) in [6, 6.07) is 4.48. The number of nitrogens with zero attached hydrogens (tertiary/aromatic N) is 4. The third kappa shape index (κ3) is 4.42. The van der Waals surface area contributed by atoms with Crippen LogP contribution in [0.1, 0.15) is 49.6 Å². The Hall–Kier alpha value is -2.97. The van der Waals surface area contributed by atoms with Crippen LogP contribution in [-0.4, -0.2) is 44.8 Å². The zero-order chi connectivity index (χ0) is 19.4. The lowest BCUT2D eigenvalue weighted by molar-refractivity contribution is 0.0944. The Bertz CT molecular complexity index is 920. The summed E-state index contributed by atoms with van der Waals surface area (Å²) in [6.07, 6.45) is 4.21. The van der Waals surface area contributed by atoms with Gasteiger partial charge in [0.15, 0.2) is 0 Å². The Morgan fingerprint density at radius 3 is 2.89 bits per heavy atom. The number of hydrogen-bond acceptors (Lipinski definition) is 6. The highest BCUT2D eigenvalue weighted by Gasteiger charge is 2.25. The van der Waals surface area contributed by atoms with E-state index in [1.165, 1.54) is 23.1 Å². The standard InChI is InChI=1S/C18H24N6O3/c1-12(2)24-17(26)7-6-15(22-24)23-8-4-3-5-13(23)10-19-18(27)14-9-16(25)21-11-20-14/h6-7,9,11-13H,3-5,8,10H2,1-2H3,(H,19,27)(H,20,21,25). The minimum absolute atomic E-state index is 0.0253. The Morgan fingerprint density at radius 1 is 1.33 bits per heavy atom. The van der Waals surface area contributed by atoms with E-state index in [0.717, 1.165) is 31.6 Å². The first-order chi connectivity index (χ1) is 13.0. The average molecular weight is 372 g/mol. The van der Waals surface area contributed by atoms with Gasteiger partial charge in [-0.1, -0.05) is 0 Å². The van der Waals surface area contributed by atoms with Crippen LogP contribution in [0.25, 0.3) is 0 Å². The van der Waals surface area contributed by atoms with Crippen molar-refractivity contribution in [2.24, 2.45) is 0 Å². The summed E-state index contributed by atoms with van der Waals surface area (Å²) in [7, 11) is 0. The molecule has 1 saturated heterocycles. The lowest BCUT2D eigenvalue weighted by Gasteiger charge is -2.36. The molecule has 1 fully saturated rings. The van der Waals surface area contributed by atoms with Gasteiger partial charge in [0.25, 0.3) is 17.0 Å². The second-order valence-electron chi connectivity index (χ2n) is 6.92. The van der Waals surface area contributed by atoms with Crippen molar-refractivity contribution in [3.63, 3.8) is 0 Å². The highest BCUT2D eigenvalue weighted by molar-refractivity contribution is 5.92. The van der Waals surface area contributed by atoms with Gasteiger partial charge >= 0.3 is 0 Å². The molecule has 2 aromatic rings. The molecule has 9 heteroatoms. The molecule has 9 nitrogen and oxygen atoms in total. The van der Waals surface area contributed by atoms with Gasteiger partial charge < -0.3 is 15.2 Å². The Labute approximate surface area is 156 Å². The van der Waals surface area contributed by atoms with E-state index in [4.69, 9.17) is 0 Å². The van der Waals surface area contributed by atoms with E-state index in [1.807, 2.05) is 13.8 Å². The smallest absolute Gasteiger partial charge is 0.270 e. The van der Waals surface area contributed by atoms with Gasteiger partial charge in [-0.3, -0.25) is 14.4 Å². The number of aromatic nitrogens is 4. The molecule has 0 spiro atoms. The third-order valence-corrected chi connectivity index (χ3v) is 4.63. The number of anilines is 1. The van der Waals surface area contributed by atoms with Gasteiger partial charge in [-0.15, -0.1) is 0 Å². The monoisotopic (exact) mass is 372 g/mol. The van der Waals surface area contributed by atoms with Gasteiger partial charge in [0.2, 0.25) is 0 Å². The lowest BCUT2D eigenvalue weighted by atomic mass is 10.0. The van der Waals surface area contributed by atoms with Crippen LogP contribution in [-0.2, 0) is 0 Å². The van der Waals surface area contributed by atoms with Crippen LogP contribution >= 0.6 is 0 Å². The number of piperidine rings is 1. The van der Waals surface area contributed by atoms with E-state index in [-0.39, 0.29) is 34.8 Å². The summed E-state index contributed by atoms with van der Waals surface area (Å²) in [5, 5.41) is 7.35. The van der Waals surface area contributed by atoms with E-state index in [9.17, 15) is 14.4 Å². The Balaban J connectivity index is 1.74. The maximum Gasteiger partial charge on any atom is 0.270 e. The number of carbonyl (C=O) groups excluding carboxylic acids is 1. The van der Waals surface area contributed by atoms with Crippen LogP contribution in [0, 0.1) is 0 Å². The molecule has 0 radical (unpaired) electrons. The zero-order valence-corrected chi connectivity index (χ0v) is 15.5. The molecule has 2 N–H and O–H groups in total. The van der Waals surface area contributed by atoms with E-state index in [1.54, 1.807) is 6.07 Å². The molecule has 144 valence electrons. The van der Waals surface area contributed by atoms with Crippen LogP contribution in [0.5, 0.6) is 0 Å². The van der Waals surface area contributed by atoms with Gasteiger partial charge in [-0.2, -0.15) is 5.10 Å². The number of rotatable bonds is 5. The molecule has 1 atom stereocenters. The number of H-pyrrole nitrogens is 1. The van der Waals surface area contributed by atoms with E-state index < -0.39 is 0 Å². The first-order valence-electron chi connectivity index (χ1n) is 9.15. The molecule has 0 aromatic carbocycles. The topological polar surface area (TPSA) is 113 Å². The van der Waals surface area contributed by atoms with Crippen molar-refractivity contribution in [3.8, 4) is 0 Å². The molecule has 3 heterocycles. The fraction of sp³-hybridized carbons (Fsp3) is 0.500. The lowest BCUT2D eigenvalue weighted by Crippen LogP contribution is -2.48.